The van der Waals surface area contributed by atoms with Crippen molar-refractivity contribution in [1.29, 1.82) is 0 Å². The number of para-hydroxylation sites is 1. The Labute approximate surface area is 211 Å². The first-order valence-electron chi connectivity index (χ1n) is 11.1. The molecule has 0 bridgehead atoms. The highest BCUT2D eigenvalue weighted by Crippen LogP contribution is 2.30. The molecule has 0 radical (unpaired) electrons. The zero-order valence-electron chi connectivity index (χ0n) is 18.9. The summed E-state index contributed by atoms with van der Waals surface area (Å²) < 4.78 is 7.25. The molecule has 11 heteroatoms. The van der Waals surface area contributed by atoms with Crippen molar-refractivity contribution in [1.82, 2.24) is 24.4 Å². The molecule has 5 rings (SSSR count). The Morgan fingerprint density at radius 2 is 1.74 bits per heavy atom. The number of hydrogen-bond donors (Lipinski definition) is 2. The van der Waals surface area contributed by atoms with E-state index in [0.29, 0.717) is 5.39 Å². The lowest BCUT2D eigenvalue weighted by Gasteiger charge is -2.29. The number of fused-ring (bicyclic) bond motifs is 1. The van der Waals surface area contributed by atoms with Gasteiger partial charge in [-0.05, 0) is 56.3 Å². The first-order chi connectivity index (χ1) is 16.9. The van der Waals surface area contributed by atoms with Crippen LogP contribution < -0.4 is 21.5 Å². The minimum atomic E-state index is -0.648. The number of rotatable bonds is 5. The van der Waals surface area contributed by atoms with Crippen LogP contribution >= 0.6 is 23.2 Å². The molecule has 180 valence electrons. The van der Waals surface area contributed by atoms with Crippen LogP contribution in [-0.2, 0) is 0 Å². The molecule has 1 saturated heterocycles. The summed E-state index contributed by atoms with van der Waals surface area (Å²) in [6.07, 6.45) is 3.77. The molecule has 1 fully saturated rings. The maximum Gasteiger partial charge on any atom is 0.355 e. The number of ether oxygens (including phenoxy) is 1. The lowest BCUT2D eigenvalue weighted by molar-refractivity contribution is 0.114. The number of nitrogen functional groups attached to an aromatic ring is 1. The highest BCUT2D eigenvalue weighted by Gasteiger charge is 2.19. The van der Waals surface area contributed by atoms with Crippen molar-refractivity contribution in [2.75, 3.05) is 31.2 Å². The fourth-order valence-corrected chi connectivity index (χ4v) is 4.59. The molecule has 35 heavy (non-hydrogen) atoms. The molecule has 1 aliphatic heterocycles. The quantitative estimate of drug-likeness (QED) is 0.408. The first-order valence-corrected chi connectivity index (χ1v) is 11.9. The number of aromatic nitrogens is 4. The molecule has 1 aliphatic rings. The summed E-state index contributed by atoms with van der Waals surface area (Å²) in [6.45, 7) is 2.08. The van der Waals surface area contributed by atoms with Gasteiger partial charge in [0.05, 0.1) is 21.1 Å². The van der Waals surface area contributed by atoms with E-state index in [9.17, 15) is 4.79 Å². The van der Waals surface area contributed by atoms with E-state index in [2.05, 4.69) is 32.2 Å². The third-order valence-corrected chi connectivity index (χ3v) is 6.53. The fourth-order valence-electron chi connectivity index (χ4n) is 4.02. The van der Waals surface area contributed by atoms with E-state index in [-0.39, 0.29) is 39.2 Å². The summed E-state index contributed by atoms with van der Waals surface area (Å²) >= 11 is 12.5. The minimum Gasteiger partial charge on any atom is -0.490 e. The predicted molar refractivity (Wildman–Crippen MR) is 138 cm³/mol. The van der Waals surface area contributed by atoms with Crippen LogP contribution in [-0.4, -0.2) is 50.7 Å². The van der Waals surface area contributed by atoms with E-state index in [0.717, 1.165) is 41.9 Å². The molecule has 0 atom stereocenters. The largest absolute Gasteiger partial charge is 0.490 e. The first kappa shape index (κ1) is 23.3. The zero-order chi connectivity index (χ0) is 24.5. The van der Waals surface area contributed by atoms with Gasteiger partial charge >= 0.3 is 5.69 Å². The molecule has 2 aromatic carbocycles. The van der Waals surface area contributed by atoms with E-state index < -0.39 is 5.69 Å². The van der Waals surface area contributed by atoms with E-state index in [1.54, 1.807) is 18.2 Å². The van der Waals surface area contributed by atoms with Crippen molar-refractivity contribution >= 4 is 51.7 Å². The van der Waals surface area contributed by atoms with Gasteiger partial charge < -0.3 is 20.7 Å². The maximum absolute atomic E-state index is 12.8. The number of benzene rings is 2. The Bertz CT molecular complexity index is 1410. The summed E-state index contributed by atoms with van der Waals surface area (Å²) in [6, 6.07) is 12.5. The normalized spacial score (nSPS) is 14.8. The Morgan fingerprint density at radius 1 is 1.06 bits per heavy atom. The number of halogens is 2. The van der Waals surface area contributed by atoms with E-state index >= 15 is 0 Å². The summed E-state index contributed by atoms with van der Waals surface area (Å²) in [5, 5.41) is 4.06. The SMILES string of the molecule is CN1CCC(Oc2ccc(Nc3ncc4c(N)n(-c5c(Cl)cccc5Cl)c(=O)nc4n3)cc2)CC1. The molecule has 0 saturated carbocycles. The molecule has 4 aromatic rings. The molecule has 3 N–H and O–H groups in total. The van der Waals surface area contributed by atoms with Crippen LogP contribution in [0.2, 0.25) is 10.0 Å². The molecule has 0 aliphatic carbocycles. The number of nitrogens with one attached hydrogen (secondary N) is 1. The van der Waals surface area contributed by atoms with Gasteiger partial charge in [0.25, 0.3) is 0 Å². The zero-order valence-corrected chi connectivity index (χ0v) is 20.4. The van der Waals surface area contributed by atoms with E-state index in [4.69, 9.17) is 33.7 Å². The third kappa shape index (κ3) is 4.88. The van der Waals surface area contributed by atoms with Crippen LogP contribution in [0.4, 0.5) is 17.5 Å². The highest BCUT2D eigenvalue weighted by atomic mass is 35.5. The molecule has 2 aromatic heterocycles. The standard InChI is InChI=1S/C24H23Cl2N7O2/c1-32-11-9-16(10-12-32)35-15-7-5-14(6-8-15)29-23-28-13-17-21(27)33(24(34)31-22(17)30-23)20-18(25)3-2-4-19(20)26/h2-8,13,16H,9-12,27H2,1H3,(H,29,30,31,34). The number of likely N-dealkylation sites (tertiary alicyclic amines) is 1. The van der Waals surface area contributed by atoms with Gasteiger partial charge in [-0.3, -0.25) is 0 Å². The molecule has 0 unspecified atom stereocenters. The molecule has 3 heterocycles. The lowest BCUT2D eigenvalue weighted by Crippen LogP contribution is -2.35. The van der Waals surface area contributed by atoms with Gasteiger partial charge in [-0.25, -0.2) is 14.3 Å². The average molecular weight is 512 g/mol. The van der Waals surface area contributed by atoms with Gasteiger partial charge in [0, 0.05) is 25.0 Å². The van der Waals surface area contributed by atoms with Gasteiger partial charge in [-0.2, -0.15) is 9.97 Å². The van der Waals surface area contributed by atoms with Crippen LogP contribution in [0.5, 0.6) is 5.75 Å². The Kier molecular flexibility index (Phi) is 6.46. The van der Waals surface area contributed by atoms with Crippen molar-refractivity contribution < 1.29 is 4.74 Å². The average Bonchev–Trinajstić information content (AvgIpc) is 2.83. The summed E-state index contributed by atoms with van der Waals surface area (Å²) in [5.74, 6) is 1.19. The number of piperidine rings is 1. The van der Waals surface area contributed by atoms with Crippen LogP contribution in [0, 0.1) is 0 Å². The fraction of sp³-hybridized carbons (Fsp3) is 0.250. The van der Waals surface area contributed by atoms with Gasteiger partial charge in [0.15, 0.2) is 5.65 Å². The van der Waals surface area contributed by atoms with Crippen molar-refractivity contribution in [2.45, 2.75) is 18.9 Å². The number of nitrogens with two attached hydrogens (primary N) is 1. The van der Waals surface area contributed by atoms with Gasteiger partial charge in [0.2, 0.25) is 5.95 Å². The second-order valence-corrected chi connectivity index (χ2v) is 9.20. The Hall–Kier alpha value is -3.40. The predicted octanol–water partition coefficient (Wildman–Crippen LogP) is 4.28. The van der Waals surface area contributed by atoms with Gasteiger partial charge in [-0.15, -0.1) is 0 Å². The Balaban J connectivity index is 1.37. The van der Waals surface area contributed by atoms with Gasteiger partial charge in [0.1, 0.15) is 17.7 Å². The van der Waals surface area contributed by atoms with Crippen molar-refractivity contribution in [2.24, 2.45) is 0 Å². The minimum absolute atomic E-state index is 0.0944. The lowest BCUT2D eigenvalue weighted by atomic mass is 10.1. The molecule has 0 spiro atoms. The molecule has 9 nitrogen and oxygen atoms in total. The second kappa shape index (κ2) is 9.69. The highest BCUT2D eigenvalue weighted by molar-refractivity contribution is 6.37. The van der Waals surface area contributed by atoms with Crippen molar-refractivity contribution in [3.63, 3.8) is 0 Å². The molecule has 0 amide bonds. The van der Waals surface area contributed by atoms with Crippen molar-refractivity contribution in [3.8, 4) is 11.4 Å². The Morgan fingerprint density at radius 3 is 2.43 bits per heavy atom. The molecular weight excluding hydrogens is 489 g/mol. The smallest absolute Gasteiger partial charge is 0.355 e. The second-order valence-electron chi connectivity index (χ2n) is 8.39. The monoisotopic (exact) mass is 511 g/mol. The topological polar surface area (TPSA) is 111 Å². The summed E-state index contributed by atoms with van der Waals surface area (Å²) in [4.78, 5) is 27.9. The van der Waals surface area contributed by atoms with Gasteiger partial charge in [-0.1, -0.05) is 29.3 Å². The summed E-state index contributed by atoms with van der Waals surface area (Å²) in [7, 11) is 2.12. The van der Waals surface area contributed by atoms with E-state index in [1.165, 1.54) is 6.20 Å². The van der Waals surface area contributed by atoms with E-state index in [1.807, 2.05) is 24.3 Å². The van der Waals surface area contributed by atoms with Crippen molar-refractivity contribution in [3.05, 3.63) is 69.2 Å². The molecular formula is C24H23Cl2N7O2. The number of anilines is 3. The number of nitrogens with zero attached hydrogens (tertiary/aromatic N) is 5. The third-order valence-electron chi connectivity index (χ3n) is 5.92. The maximum atomic E-state index is 12.8. The van der Waals surface area contributed by atoms with Crippen LogP contribution in [0.15, 0.2) is 53.5 Å². The van der Waals surface area contributed by atoms with Crippen LogP contribution in [0.3, 0.4) is 0 Å². The number of hydrogen-bond acceptors (Lipinski definition) is 8. The van der Waals surface area contributed by atoms with Crippen LogP contribution in [0.1, 0.15) is 12.8 Å². The summed E-state index contributed by atoms with van der Waals surface area (Å²) in [5.41, 5.74) is 6.82. The van der Waals surface area contributed by atoms with Crippen LogP contribution in [0.25, 0.3) is 16.7 Å².